The minimum Gasteiger partial charge on any atom is -0.472 e. The Kier molecular flexibility index (Phi) is 9.30. The highest BCUT2D eigenvalue weighted by Gasteiger charge is 2.41. The zero-order valence-corrected chi connectivity index (χ0v) is 26.6. The molecule has 0 saturated carbocycles. The molecule has 1 saturated heterocycles. The Morgan fingerprint density at radius 1 is 0.917 bits per heavy atom. The van der Waals surface area contributed by atoms with Gasteiger partial charge in [0.2, 0.25) is 11.8 Å². The molecule has 13 heteroatoms. The third kappa shape index (κ3) is 6.95. The number of nitrogens with two attached hydrogens (primary N) is 1. The molecule has 3 aromatic carbocycles. The van der Waals surface area contributed by atoms with Crippen LogP contribution < -0.4 is 21.5 Å². The number of esters is 2. The number of benzene rings is 3. The van der Waals surface area contributed by atoms with E-state index in [0.717, 1.165) is 16.7 Å². The van der Waals surface area contributed by atoms with Crippen LogP contribution in [-0.4, -0.2) is 57.3 Å². The van der Waals surface area contributed by atoms with Crippen LogP contribution in [0.1, 0.15) is 50.1 Å². The number of nitrogen functional groups attached to an aromatic ring is 1. The molecular weight excluding hydrogens is 616 g/mol. The third-order valence-electron chi connectivity index (χ3n) is 7.89. The summed E-state index contributed by atoms with van der Waals surface area (Å²) in [4.78, 5) is 52.6. The zero-order valence-electron chi connectivity index (χ0n) is 26.6. The van der Waals surface area contributed by atoms with Crippen molar-refractivity contribution >= 4 is 34.7 Å². The number of carbonyl (C=O) groups excluding carboxylic acids is 2. The van der Waals surface area contributed by atoms with Gasteiger partial charge in [0.25, 0.3) is 0 Å². The van der Waals surface area contributed by atoms with Gasteiger partial charge in [-0.1, -0.05) is 65.7 Å². The summed E-state index contributed by atoms with van der Waals surface area (Å²) in [5.41, 5.74) is 9.15. The Bertz CT molecular complexity index is 2000. The first-order valence-corrected chi connectivity index (χ1v) is 15.3. The van der Waals surface area contributed by atoms with Crippen molar-refractivity contribution in [3.8, 4) is 5.88 Å². The predicted octanol–water partition coefficient (Wildman–Crippen LogP) is 4.38. The van der Waals surface area contributed by atoms with Crippen molar-refractivity contribution in [1.29, 1.82) is 0 Å². The standard InChI is InChI=1S/C35H34N6O7/c1-20-9-13-23(14-10-20)32(42)46-19-26-25(48-33(43)24-15-11-21(2)12-16-24)17-27(47-26)41-30-28(29(36)38-35(41)44)31(40-34(37-3)39-30)45-18-22-7-5-4-6-8-22/h4-16,25-27H,17-19H2,1-3H3,(H2,36,38,44)(H,37,39,40)/t25-,26+,27-/m0/s1. The average Bonchev–Trinajstić information content (AvgIpc) is 3.48. The normalized spacial score (nSPS) is 17.2. The summed E-state index contributed by atoms with van der Waals surface area (Å²) in [6, 6.07) is 23.3. The number of nitrogens with zero attached hydrogens (tertiary/aromatic N) is 4. The summed E-state index contributed by atoms with van der Waals surface area (Å²) >= 11 is 0. The molecule has 0 bridgehead atoms. The largest absolute Gasteiger partial charge is 0.472 e. The van der Waals surface area contributed by atoms with Gasteiger partial charge >= 0.3 is 17.6 Å². The minimum absolute atomic E-state index is 0.0179. The van der Waals surface area contributed by atoms with Gasteiger partial charge in [-0.05, 0) is 43.7 Å². The first-order chi connectivity index (χ1) is 23.2. The van der Waals surface area contributed by atoms with Crippen LogP contribution in [0.4, 0.5) is 11.8 Å². The van der Waals surface area contributed by atoms with E-state index in [-0.39, 0.29) is 48.3 Å². The molecular formula is C35H34N6O7. The summed E-state index contributed by atoms with van der Waals surface area (Å²) in [5, 5.41) is 3.09. The van der Waals surface area contributed by atoms with Crippen molar-refractivity contribution in [2.24, 2.45) is 0 Å². The summed E-state index contributed by atoms with van der Waals surface area (Å²) < 4.78 is 25.1. The lowest BCUT2D eigenvalue weighted by atomic mass is 10.1. The minimum atomic E-state index is -1.03. The molecule has 0 amide bonds. The summed E-state index contributed by atoms with van der Waals surface area (Å²) in [6.07, 6.45) is -2.86. The number of anilines is 2. The quantitative estimate of drug-likeness (QED) is 0.205. The van der Waals surface area contributed by atoms with E-state index >= 15 is 0 Å². The van der Waals surface area contributed by atoms with E-state index in [2.05, 4.69) is 20.3 Å². The molecule has 3 heterocycles. The maximum Gasteiger partial charge on any atom is 0.353 e. The van der Waals surface area contributed by atoms with Gasteiger partial charge in [-0.25, -0.2) is 19.0 Å². The lowest BCUT2D eigenvalue weighted by Crippen LogP contribution is -2.32. The van der Waals surface area contributed by atoms with Crippen LogP contribution in [0, 0.1) is 13.8 Å². The molecule has 246 valence electrons. The fourth-order valence-corrected chi connectivity index (χ4v) is 5.29. The van der Waals surface area contributed by atoms with E-state index in [1.807, 2.05) is 44.2 Å². The maximum absolute atomic E-state index is 13.5. The van der Waals surface area contributed by atoms with Crippen molar-refractivity contribution in [2.45, 2.75) is 45.3 Å². The SMILES string of the molecule is CNc1nc(OCc2ccccc2)c2c(N)nc(=O)n([C@@H]3C[C@H](OC(=O)c4ccc(C)cc4)[C@@H](COC(=O)c4ccc(C)cc4)O3)c2n1. The third-order valence-corrected chi connectivity index (χ3v) is 7.89. The van der Waals surface area contributed by atoms with Crippen LogP contribution in [0.15, 0.2) is 83.7 Å². The first kappa shape index (κ1) is 32.1. The van der Waals surface area contributed by atoms with E-state index < -0.39 is 36.1 Å². The molecule has 0 unspecified atom stereocenters. The Balaban J connectivity index is 1.33. The highest BCUT2D eigenvalue weighted by Crippen LogP contribution is 2.35. The molecule has 1 aliphatic rings. The summed E-state index contributed by atoms with van der Waals surface area (Å²) in [6.45, 7) is 3.73. The lowest BCUT2D eigenvalue weighted by molar-refractivity contribution is -0.0572. The van der Waals surface area contributed by atoms with Crippen molar-refractivity contribution in [1.82, 2.24) is 19.5 Å². The summed E-state index contributed by atoms with van der Waals surface area (Å²) in [7, 11) is 1.63. The number of fused-ring (bicyclic) bond motifs is 1. The van der Waals surface area contributed by atoms with E-state index in [1.54, 1.807) is 55.6 Å². The molecule has 3 atom stereocenters. The van der Waals surface area contributed by atoms with E-state index in [9.17, 15) is 14.4 Å². The van der Waals surface area contributed by atoms with Gasteiger partial charge in [0.15, 0.2) is 5.65 Å². The highest BCUT2D eigenvalue weighted by atomic mass is 16.6. The van der Waals surface area contributed by atoms with Gasteiger partial charge in [-0.3, -0.25) is 0 Å². The summed E-state index contributed by atoms with van der Waals surface area (Å²) in [5.74, 6) is -1.03. The topological polar surface area (TPSA) is 170 Å². The molecule has 3 N–H and O–H groups in total. The van der Waals surface area contributed by atoms with Crippen LogP contribution in [-0.2, 0) is 20.8 Å². The number of ether oxygens (including phenoxy) is 4. The van der Waals surface area contributed by atoms with Gasteiger partial charge < -0.3 is 30.0 Å². The van der Waals surface area contributed by atoms with Gasteiger partial charge in [0.1, 0.15) is 42.9 Å². The van der Waals surface area contributed by atoms with Crippen molar-refractivity contribution < 1.29 is 28.5 Å². The van der Waals surface area contributed by atoms with E-state index in [4.69, 9.17) is 24.7 Å². The number of aromatic nitrogens is 4. The van der Waals surface area contributed by atoms with Crippen LogP contribution in [0.3, 0.4) is 0 Å². The molecule has 0 aliphatic carbocycles. The molecule has 1 aliphatic heterocycles. The van der Waals surface area contributed by atoms with Crippen LogP contribution in [0.5, 0.6) is 5.88 Å². The van der Waals surface area contributed by atoms with Crippen molar-refractivity contribution in [3.05, 3.63) is 117 Å². The second-order valence-corrected chi connectivity index (χ2v) is 11.4. The van der Waals surface area contributed by atoms with Crippen LogP contribution in [0.25, 0.3) is 11.0 Å². The number of hydrogen-bond acceptors (Lipinski definition) is 12. The van der Waals surface area contributed by atoms with Crippen LogP contribution >= 0.6 is 0 Å². The zero-order chi connectivity index (χ0) is 33.8. The number of aryl methyl sites for hydroxylation is 2. The Morgan fingerprint density at radius 2 is 1.56 bits per heavy atom. The van der Waals surface area contributed by atoms with Gasteiger partial charge in [0, 0.05) is 13.5 Å². The lowest BCUT2D eigenvalue weighted by Gasteiger charge is -2.19. The number of hydrogen-bond donors (Lipinski definition) is 2. The number of nitrogens with one attached hydrogen (secondary N) is 1. The highest BCUT2D eigenvalue weighted by molar-refractivity contribution is 5.91. The molecule has 0 spiro atoms. The first-order valence-electron chi connectivity index (χ1n) is 15.3. The second-order valence-electron chi connectivity index (χ2n) is 11.4. The maximum atomic E-state index is 13.5. The number of rotatable bonds is 10. The van der Waals surface area contributed by atoms with Crippen LogP contribution in [0.2, 0.25) is 0 Å². The van der Waals surface area contributed by atoms with Gasteiger partial charge in [0.05, 0.1) is 11.1 Å². The molecule has 0 radical (unpaired) electrons. The van der Waals surface area contributed by atoms with Crippen molar-refractivity contribution in [2.75, 3.05) is 24.7 Å². The molecule has 6 rings (SSSR count). The molecule has 2 aromatic heterocycles. The fraction of sp³-hybridized carbons (Fsp3) is 0.257. The van der Waals surface area contributed by atoms with E-state index in [0.29, 0.717) is 11.1 Å². The average molecular weight is 651 g/mol. The second kappa shape index (κ2) is 13.9. The molecule has 1 fully saturated rings. The van der Waals surface area contributed by atoms with Gasteiger partial charge in [-0.15, -0.1) is 0 Å². The smallest absolute Gasteiger partial charge is 0.353 e. The Morgan fingerprint density at radius 3 is 2.21 bits per heavy atom. The van der Waals surface area contributed by atoms with Crippen molar-refractivity contribution in [3.63, 3.8) is 0 Å². The Labute approximate surface area is 275 Å². The van der Waals surface area contributed by atoms with Gasteiger partial charge in [-0.2, -0.15) is 15.0 Å². The molecule has 5 aromatic rings. The Hall–Kier alpha value is -5.82. The number of carbonyl (C=O) groups is 2. The predicted molar refractivity (Wildman–Crippen MR) is 177 cm³/mol. The van der Waals surface area contributed by atoms with E-state index in [1.165, 1.54) is 4.57 Å². The monoisotopic (exact) mass is 650 g/mol. The fourth-order valence-electron chi connectivity index (χ4n) is 5.29. The molecule has 13 nitrogen and oxygen atoms in total. The molecule has 48 heavy (non-hydrogen) atoms.